The molecule has 1 nitrogen and oxygen atoms in total. The molecule has 1 fully saturated rings. The lowest BCUT2D eigenvalue weighted by molar-refractivity contribution is 0.396. The van der Waals surface area contributed by atoms with Crippen molar-refractivity contribution in [3.8, 4) is 11.3 Å². The van der Waals surface area contributed by atoms with Gasteiger partial charge in [-0.25, -0.2) is 0 Å². The summed E-state index contributed by atoms with van der Waals surface area (Å²) in [6, 6.07) is 25.2. The molecule has 1 aliphatic carbocycles. The SMILES string of the molecule is [2H]C1(c2ccccc2)CCC([2H])(c2ccc3c(-c4cc(C)cc(C)c4)nccc3c2)CC1. The number of hydrogen-bond donors (Lipinski definition) is 0. The maximum Gasteiger partial charge on any atom is 0.0780 e. The van der Waals surface area contributed by atoms with Gasteiger partial charge in [0.05, 0.1) is 5.69 Å². The molecule has 1 aliphatic rings. The normalized spacial score (nSPS) is 25.0. The van der Waals surface area contributed by atoms with E-state index in [0.29, 0.717) is 25.7 Å². The predicted molar refractivity (Wildman–Crippen MR) is 127 cm³/mol. The largest absolute Gasteiger partial charge is 0.256 e. The lowest BCUT2D eigenvalue weighted by Gasteiger charge is -2.29. The van der Waals surface area contributed by atoms with Crippen molar-refractivity contribution in [3.05, 3.63) is 101 Å². The summed E-state index contributed by atoms with van der Waals surface area (Å²) in [4.78, 5) is 4.70. The quantitative estimate of drug-likeness (QED) is 0.344. The molecular weight excluding hydrogens is 362 g/mol. The van der Waals surface area contributed by atoms with E-state index >= 15 is 0 Å². The molecule has 1 heteroatoms. The molecule has 0 atom stereocenters. The summed E-state index contributed by atoms with van der Waals surface area (Å²) in [5, 5.41) is 2.25. The highest BCUT2D eigenvalue weighted by molar-refractivity contribution is 5.95. The predicted octanol–water partition coefficient (Wildman–Crippen LogP) is 7.96. The standard InChI is InChI=1S/C29H29N/c1-20-16-21(2)18-27(17-20)29-28-13-12-25(19-26(28)14-15-30-29)24-10-8-23(9-11-24)22-6-4-3-5-7-22/h3-7,12-19,23-24H,8-11H2,1-2H3/i23D,24D. The van der Waals surface area contributed by atoms with Crippen LogP contribution < -0.4 is 0 Å². The Morgan fingerprint density at radius 3 is 2.10 bits per heavy atom. The number of aryl methyl sites for hydroxylation is 2. The summed E-state index contributed by atoms with van der Waals surface area (Å²) in [5.74, 6) is -1.22. The van der Waals surface area contributed by atoms with Gasteiger partial charge in [0.25, 0.3) is 0 Å². The number of pyridine rings is 1. The van der Waals surface area contributed by atoms with E-state index in [9.17, 15) is 1.37 Å². The van der Waals surface area contributed by atoms with Gasteiger partial charge in [-0.1, -0.05) is 65.7 Å². The third-order valence-electron chi connectivity index (χ3n) is 6.31. The van der Waals surface area contributed by atoms with E-state index in [2.05, 4.69) is 68.4 Å². The van der Waals surface area contributed by atoms with Crippen LogP contribution in [0.25, 0.3) is 22.0 Å². The van der Waals surface area contributed by atoms with Gasteiger partial charge in [0, 0.05) is 19.9 Å². The zero-order valence-electron chi connectivity index (χ0n) is 19.8. The molecule has 5 rings (SSSR count). The average Bonchev–Trinajstić information content (AvgIpc) is 2.80. The van der Waals surface area contributed by atoms with Gasteiger partial charge < -0.3 is 0 Å². The lowest BCUT2D eigenvalue weighted by Crippen LogP contribution is -2.12. The number of fused-ring (bicyclic) bond motifs is 1. The fourth-order valence-corrected chi connectivity index (χ4v) is 4.84. The van der Waals surface area contributed by atoms with Crippen molar-refractivity contribution < 1.29 is 2.74 Å². The smallest absolute Gasteiger partial charge is 0.0780 e. The van der Waals surface area contributed by atoms with Crippen LogP contribution in [0.15, 0.2) is 79.0 Å². The zero-order chi connectivity index (χ0) is 22.3. The minimum absolute atomic E-state index is 0.581. The van der Waals surface area contributed by atoms with Gasteiger partial charge in [-0.15, -0.1) is 0 Å². The van der Waals surface area contributed by atoms with Crippen molar-refractivity contribution in [1.82, 2.24) is 4.98 Å². The molecule has 0 bridgehead atoms. The molecule has 1 heterocycles. The van der Waals surface area contributed by atoms with Gasteiger partial charge in [0.1, 0.15) is 0 Å². The second kappa shape index (κ2) is 8.07. The van der Waals surface area contributed by atoms with Crippen molar-refractivity contribution in [2.75, 3.05) is 0 Å². The number of benzene rings is 3. The Morgan fingerprint density at radius 2 is 1.40 bits per heavy atom. The van der Waals surface area contributed by atoms with Gasteiger partial charge in [-0.05, 0) is 86.0 Å². The van der Waals surface area contributed by atoms with Crippen molar-refractivity contribution in [1.29, 1.82) is 0 Å². The van der Waals surface area contributed by atoms with Gasteiger partial charge in [-0.2, -0.15) is 0 Å². The molecule has 0 amide bonds. The van der Waals surface area contributed by atoms with E-state index < -0.39 is 11.8 Å². The highest BCUT2D eigenvalue weighted by Crippen LogP contribution is 2.41. The van der Waals surface area contributed by atoms with Crippen LogP contribution in [0, 0.1) is 13.8 Å². The van der Waals surface area contributed by atoms with Gasteiger partial charge >= 0.3 is 0 Å². The van der Waals surface area contributed by atoms with Gasteiger partial charge in [0.15, 0.2) is 0 Å². The summed E-state index contributed by atoms with van der Waals surface area (Å²) in [5.41, 5.74) is 6.74. The Balaban J connectivity index is 1.47. The first-order valence-corrected chi connectivity index (χ1v) is 10.9. The molecule has 0 saturated heterocycles. The van der Waals surface area contributed by atoms with E-state index in [1.165, 1.54) is 11.1 Å². The Morgan fingerprint density at radius 1 is 0.733 bits per heavy atom. The van der Waals surface area contributed by atoms with E-state index in [-0.39, 0.29) is 0 Å². The molecule has 0 unspecified atom stereocenters. The Hall–Kier alpha value is -2.93. The van der Waals surface area contributed by atoms with Crippen LogP contribution in [0.2, 0.25) is 0 Å². The van der Waals surface area contributed by atoms with Crippen LogP contribution in [0.4, 0.5) is 0 Å². The van der Waals surface area contributed by atoms with E-state index in [0.717, 1.165) is 33.2 Å². The molecule has 30 heavy (non-hydrogen) atoms. The molecular formula is C29H29N. The molecule has 0 radical (unpaired) electrons. The number of rotatable bonds is 3. The molecule has 0 N–H and O–H groups in total. The summed E-state index contributed by atoms with van der Waals surface area (Å²) in [7, 11) is 0. The van der Waals surface area contributed by atoms with Crippen LogP contribution in [0.3, 0.4) is 0 Å². The van der Waals surface area contributed by atoms with Crippen LogP contribution in [-0.2, 0) is 0 Å². The maximum absolute atomic E-state index is 9.25. The molecule has 0 spiro atoms. The number of hydrogen-bond acceptors (Lipinski definition) is 1. The van der Waals surface area contributed by atoms with E-state index in [1.54, 1.807) is 0 Å². The van der Waals surface area contributed by atoms with Gasteiger partial charge in [0.2, 0.25) is 0 Å². The highest BCUT2D eigenvalue weighted by atomic mass is 14.7. The lowest BCUT2D eigenvalue weighted by atomic mass is 9.76. The minimum Gasteiger partial charge on any atom is -0.256 e. The summed E-state index contributed by atoms with van der Waals surface area (Å²) in [6.45, 7) is 4.24. The van der Waals surface area contributed by atoms with E-state index in [4.69, 9.17) is 6.35 Å². The summed E-state index contributed by atoms with van der Waals surface area (Å²) in [6.07, 6.45) is 4.70. The second-order valence-electron chi connectivity index (χ2n) is 8.54. The Labute approximate surface area is 182 Å². The van der Waals surface area contributed by atoms with Crippen molar-refractivity contribution in [3.63, 3.8) is 0 Å². The molecule has 4 aromatic rings. The Kier molecular flexibility index (Phi) is 4.52. The second-order valence-corrected chi connectivity index (χ2v) is 8.54. The molecule has 3 aromatic carbocycles. The van der Waals surface area contributed by atoms with Crippen LogP contribution >= 0.6 is 0 Å². The third kappa shape index (κ3) is 3.77. The van der Waals surface area contributed by atoms with Crippen molar-refractivity contribution in [2.45, 2.75) is 51.3 Å². The number of nitrogens with zero attached hydrogens (tertiary/aromatic N) is 1. The Bertz CT molecular complexity index is 1250. The minimum atomic E-state index is -0.642. The molecule has 0 aliphatic heterocycles. The molecule has 1 saturated carbocycles. The number of aromatic nitrogens is 1. The summed E-state index contributed by atoms with van der Waals surface area (Å²) < 4.78 is 18.2. The molecule has 1 aromatic heterocycles. The summed E-state index contributed by atoms with van der Waals surface area (Å²) >= 11 is 0. The molecule has 150 valence electrons. The van der Waals surface area contributed by atoms with Crippen LogP contribution in [0.1, 0.15) is 62.5 Å². The van der Waals surface area contributed by atoms with Crippen LogP contribution in [-0.4, -0.2) is 4.98 Å². The van der Waals surface area contributed by atoms with Crippen LogP contribution in [0.5, 0.6) is 0 Å². The first kappa shape index (κ1) is 16.8. The first-order chi connectivity index (χ1) is 15.4. The fourth-order valence-electron chi connectivity index (χ4n) is 4.84. The first-order valence-electron chi connectivity index (χ1n) is 11.9. The van der Waals surface area contributed by atoms with Crippen molar-refractivity contribution in [2.24, 2.45) is 0 Å². The van der Waals surface area contributed by atoms with E-state index in [1.807, 2.05) is 24.4 Å². The highest BCUT2D eigenvalue weighted by Gasteiger charge is 2.23. The van der Waals surface area contributed by atoms with Gasteiger partial charge in [-0.3, -0.25) is 4.98 Å². The topological polar surface area (TPSA) is 12.9 Å². The monoisotopic (exact) mass is 393 g/mol. The average molecular weight is 394 g/mol. The zero-order valence-corrected chi connectivity index (χ0v) is 17.8. The maximum atomic E-state index is 9.25. The third-order valence-corrected chi connectivity index (χ3v) is 6.31. The van der Waals surface area contributed by atoms with Crippen molar-refractivity contribution >= 4 is 10.8 Å². The fraction of sp³-hybridized carbons (Fsp3) is 0.276.